The predicted octanol–water partition coefficient (Wildman–Crippen LogP) is 7.51. The molecule has 174 valence electrons. The summed E-state index contributed by atoms with van der Waals surface area (Å²) in [6.45, 7) is 0.640. The van der Waals surface area contributed by atoms with Crippen LogP contribution < -0.4 is 10.2 Å². The number of hydrogen-bond acceptors (Lipinski definition) is 4. The van der Waals surface area contributed by atoms with E-state index in [0.717, 1.165) is 46.0 Å². The lowest BCUT2D eigenvalue weighted by Gasteiger charge is -2.36. The quantitative estimate of drug-likeness (QED) is 0.328. The van der Waals surface area contributed by atoms with Gasteiger partial charge in [0, 0.05) is 35.2 Å². The molecule has 2 heterocycles. The summed E-state index contributed by atoms with van der Waals surface area (Å²) in [7, 11) is 0. The molecule has 2 aliphatic rings. The number of anilines is 2. The first-order valence-corrected chi connectivity index (χ1v) is 12.3. The molecule has 6 rings (SSSR count). The molecule has 0 saturated carbocycles. The highest BCUT2D eigenvalue weighted by molar-refractivity contribution is 6.30. The van der Waals surface area contributed by atoms with Gasteiger partial charge in [0.1, 0.15) is 5.76 Å². The molecular formula is C30H25ClN2O2. The Hall–Kier alpha value is -3.76. The fourth-order valence-corrected chi connectivity index (χ4v) is 5.45. The maximum Gasteiger partial charge on any atom is 0.163 e. The number of nitrogens with one attached hydrogen (secondary N) is 1. The van der Waals surface area contributed by atoms with Crippen LogP contribution in [0.2, 0.25) is 5.02 Å². The molecular weight excluding hydrogens is 456 g/mol. The Bertz CT molecular complexity index is 1380. The highest BCUT2D eigenvalue weighted by Gasteiger charge is 2.40. The van der Waals surface area contributed by atoms with E-state index in [0.29, 0.717) is 18.0 Å². The van der Waals surface area contributed by atoms with Gasteiger partial charge in [-0.25, -0.2) is 0 Å². The van der Waals surface area contributed by atoms with E-state index in [2.05, 4.69) is 52.7 Å². The van der Waals surface area contributed by atoms with Gasteiger partial charge in [0.05, 0.1) is 23.7 Å². The number of ketones is 1. The molecule has 0 radical (unpaired) electrons. The molecule has 1 N–H and O–H groups in total. The monoisotopic (exact) mass is 480 g/mol. The molecule has 4 aromatic rings. The van der Waals surface area contributed by atoms with Gasteiger partial charge in [0.2, 0.25) is 0 Å². The van der Waals surface area contributed by atoms with Crippen LogP contribution in [0, 0.1) is 0 Å². The van der Waals surface area contributed by atoms with Crippen molar-refractivity contribution in [3.63, 3.8) is 0 Å². The van der Waals surface area contributed by atoms with Crippen molar-refractivity contribution in [1.82, 2.24) is 0 Å². The molecule has 3 aromatic carbocycles. The van der Waals surface area contributed by atoms with Gasteiger partial charge in [0.15, 0.2) is 5.78 Å². The molecule has 0 fully saturated rings. The summed E-state index contributed by atoms with van der Waals surface area (Å²) in [4.78, 5) is 16.2. The minimum atomic E-state index is -0.219. The van der Waals surface area contributed by atoms with Gasteiger partial charge in [-0.3, -0.25) is 4.79 Å². The van der Waals surface area contributed by atoms with Crippen molar-refractivity contribution < 1.29 is 9.21 Å². The fourth-order valence-electron chi connectivity index (χ4n) is 5.32. The number of rotatable bonds is 4. The Morgan fingerprint density at radius 2 is 1.66 bits per heavy atom. The molecule has 0 bridgehead atoms. The van der Waals surface area contributed by atoms with Crippen molar-refractivity contribution in [1.29, 1.82) is 0 Å². The number of hydrogen-bond donors (Lipinski definition) is 1. The number of carbonyl (C=O) groups excluding carboxylic acids is 1. The average Bonchev–Trinajstić information content (AvgIpc) is 3.38. The Morgan fingerprint density at radius 1 is 0.886 bits per heavy atom. The number of allylic oxidation sites excluding steroid dienone is 1. The van der Waals surface area contributed by atoms with Crippen LogP contribution in [0.1, 0.15) is 41.7 Å². The smallest absolute Gasteiger partial charge is 0.163 e. The predicted molar refractivity (Wildman–Crippen MR) is 140 cm³/mol. The van der Waals surface area contributed by atoms with Gasteiger partial charge in [-0.2, -0.15) is 0 Å². The standard InChI is InChI=1S/C30H25ClN2O2/c31-23-14-12-20(13-15-23)19-33-26-10-5-4-9-24(26)32-25-17-22(28-11-6-16-35-28)18-27(34)29(25)30(33)21-7-2-1-3-8-21/h1-16,22,30,32H,17-19H2/t22-,30+/m1/s1. The van der Waals surface area contributed by atoms with Crippen LogP contribution in [0.15, 0.2) is 113 Å². The average molecular weight is 481 g/mol. The molecule has 1 aliphatic carbocycles. The first kappa shape index (κ1) is 21.8. The number of carbonyl (C=O) groups is 1. The van der Waals surface area contributed by atoms with Crippen LogP contribution in [0.3, 0.4) is 0 Å². The van der Waals surface area contributed by atoms with Crippen molar-refractivity contribution >= 4 is 28.8 Å². The molecule has 0 unspecified atom stereocenters. The number of Topliss-reactive ketones (excluding diaryl/α,β-unsaturated/α-hetero) is 1. The second-order valence-electron chi connectivity index (χ2n) is 9.15. The van der Waals surface area contributed by atoms with Gasteiger partial charge in [-0.15, -0.1) is 0 Å². The lowest BCUT2D eigenvalue weighted by Crippen LogP contribution is -2.34. The first-order chi connectivity index (χ1) is 17.2. The van der Waals surface area contributed by atoms with E-state index in [4.69, 9.17) is 16.0 Å². The Kier molecular flexibility index (Phi) is 5.67. The molecule has 2 atom stereocenters. The maximum absolute atomic E-state index is 13.9. The summed E-state index contributed by atoms with van der Waals surface area (Å²) in [5, 5.41) is 4.37. The Labute approximate surface area is 209 Å². The Balaban J connectivity index is 1.52. The summed E-state index contributed by atoms with van der Waals surface area (Å²) in [6, 6.07) is 30.2. The summed E-state index contributed by atoms with van der Waals surface area (Å²) in [6.07, 6.45) is 2.84. The zero-order valence-corrected chi connectivity index (χ0v) is 19.9. The number of furan rings is 1. The molecule has 1 aliphatic heterocycles. The van der Waals surface area contributed by atoms with Crippen molar-refractivity contribution in [2.24, 2.45) is 0 Å². The zero-order valence-electron chi connectivity index (χ0n) is 19.2. The first-order valence-electron chi connectivity index (χ1n) is 11.9. The number of nitrogens with zero attached hydrogens (tertiary/aromatic N) is 1. The molecule has 0 saturated heterocycles. The van der Waals surface area contributed by atoms with Crippen LogP contribution in [0.5, 0.6) is 0 Å². The molecule has 5 heteroatoms. The zero-order chi connectivity index (χ0) is 23.8. The number of para-hydroxylation sites is 2. The molecule has 0 amide bonds. The minimum absolute atomic E-state index is 0.0233. The Morgan fingerprint density at radius 3 is 2.43 bits per heavy atom. The fraction of sp³-hybridized carbons (Fsp3) is 0.167. The third-order valence-corrected chi connectivity index (χ3v) is 7.17. The SMILES string of the molecule is O=C1C[C@H](c2ccco2)CC2=C1[C@H](c1ccccc1)N(Cc1ccc(Cl)cc1)c1ccccc1N2. The van der Waals surface area contributed by atoms with E-state index in [1.807, 2.05) is 48.5 Å². The number of halogens is 1. The highest BCUT2D eigenvalue weighted by atomic mass is 35.5. The lowest BCUT2D eigenvalue weighted by molar-refractivity contribution is -0.116. The molecule has 0 spiro atoms. The normalized spacial score (nSPS) is 19.6. The van der Waals surface area contributed by atoms with Crippen LogP contribution in [0.25, 0.3) is 0 Å². The summed E-state index contributed by atoms with van der Waals surface area (Å²) < 4.78 is 5.70. The van der Waals surface area contributed by atoms with Crippen LogP contribution in [0.4, 0.5) is 11.4 Å². The summed E-state index contributed by atoms with van der Waals surface area (Å²) in [5.74, 6) is 1.04. The largest absolute Gasteiger partial charge is 0.469 e. The van der Waals surface area contributed by atoms with Crippen molar-refractivity contribution in [2.75, 3.05) is 10.2 Å². The van der Waals surface area contributed by atoms with E-state index in [1.54, 1.807) is 6.26 Å². The van der Waals surface area contributed by atoms with E-state index < -0.39 is 0 Å². The molecule has 35 heavy (non-hydrogen) atoms. The van der Waals surface area contributed by atoms with E-state index in [9.17, 15) is 4.79 Å². The van der Waals surface area contributed by atoms with Gasteiger partial charge in [-0.1, -0.05) is 66.2 Å². The molecule has 1 aromatic heterocycles. The second-order valence-corrected chi connectivity index (χ2v) is 9.58. The second kappa shape index (κ2) is 9.12. The third kappa shape index (κ3) is 4.15. The lowest BCUT2D eigenvalue weighted by atomic mass is 9.80. The van der Waals surface area contributed by atoms with E-state index >= 15 is 0 Å². The third-order valence-electron chi connectivity index (χ3n) is 6.92. The highest BCUT2D eigenvalue weighted by Crippen LogP contribution is 2.47. The number of benzene rings is 3. The van der Waals surface area contributed by atoms with Crippen LogP contribution in [-0.2, 0) is 11.3 Å². The summed E-state index contributed by atoms with van der Waals surface area (Å²) in [5.41, 5.74) is 6.10. The van der Waals surface area contributed by atoms with E-state index in [1.165, 1.54) is 0 Å². The topological polar surface area (TPSA) is 45.5 Å². The van der Waals surface area contributed by atoms with Gasteiger partial charge >= 0.3 is 0 Å². The van der Waals surface area contributed by atoms with Gasteiger partial charge in [-0.05, 0) is 53.9 Å². The molecule has 4 nitrogen and oxygen atoms in total. The van der Waals surface area contributed by atoms with E-state index in [-0.39, 0.29) is 17.7 Å². The van der Waals surface area contributed by atoms with Gasteiger partial charge in [0.25, 0.3) is 0 Å². The van der Waals surface area contributed by atoms with Crippen LogP contribution in [-0.4, -0.2) is 5.78 Å². The maximum atomic E-state index is 13.9. The van der Waals surface area contributed by atoms with Crippen molar-refractivity contribution in [2.45, 2.75) is 31.3 Å². The van der Waals surface area contributed by atoms with Gasteiger partial charge < -0.3 is 14.6 Å². The number of fused-ring (bicyclic) bond motifs is 1. The minimum Gasteiger partial charge on any atom is -0.469 e. The summed E-state index contributed by atoms with van der Waals surface area (Å²) >= 11 is 6.17. The van der Waals surface area contributed by atoms with Crippen LogP contribution >= 0.6 is 11.6 Å². The van der Waals surface area contributed by atoms with Crippen molar-refractivity contribution in [3.05, 3.63) is 130 Å². The van der Waals surface area contributed by atoms with Crippen molar-refractivity contribution in [3.8, 4) is 0 Å².